The highest BCUT2D eigenvalue weighted by Gasteiger charge is 2.20. The molecule has 18 heavy (non-hydrogen) atoms. The summed E-state index contributed by atoms with van der Waals surface area (Å²) in [6, 6.07) is 6.91. The topological polar surface area (TPSA) is 75.4 Å². The molecule has 0 saturated carbocycles. The first-order chi connectivity index (χ1) is 8.35. The van der Waals surface area contributed by atoms with E-state index in [-0.39, 0.29) is 17.9 Å². The minimum Gasteiger partial charge on any atom is -0.396 e. The van der Waals surface area contributed by atoms with Crippen molar-refractivity contribution in [1.29, 1.82) is 0 Å². The van der Waals surface area contributed by atoms with Gasteiger partial charge in [0.25, 0.3) is 0 Å². The molecule has 0 aromatic heterocycles. The van der Waals surface area contributed by atoms with Crippen molar-refractivity contribution in [2.24, 2.45) is 11.1 Å². The molecule has 1 aromatic rings. The molecule has 1 atom stereocenters. The van der Waals surface area contributed by atoms with Crippen LogP contribution < -0.4 is 11.1 Å². The molecule has 0 radical (unpaired) electrons. The fraction of sp³-hybridized carbons (Fsp3) is 0.500. The number of nitrogens with one attached hydrogen (secondary N) is 1. The van der Waals surface area contributed by atoms with Gasteiger partial charge in [-0.15, -0.1) is 0 Å². The average Bonchev–Trinajstić information content (AvgIpc) is 2.36. The molecular formula is C14H22N2O2. The van der Waals surface area contributed by atoms with E-state index in [0.717, 1.165) is 11.1 Å². The van der Waals surface area contributed by atoms with E-state index in [9.17, 15) is 4.79 Å². The predicted octanol–water partition coefficient (Wildman–Crippen LogP) is 1.13. The fourth-order valence-corrected chi connectivity index (χ4v) is 1.42. The maximum Gasteiger partial charge on any atom is 0.241 e. The molecule has 0 saturated heterocycles. The molecule has 4 heteroatoms. The zero-order valence-corrected chi connectivity index (χ0v) is 11.2. The summed E-state index contributed by atoms with van der Waals surface area (Å²) >= 11 is 0. The summed E-state index contributed by atoms with van der Waals surface area (Å²) in [5.74, 6) is -0.222. The number of hydrogen-bond acceptors (Lipinski definition) is 3. The number of amides is 1. The lowest BCUT2D eigenvalue weighted by Gasteiger charge is -2.23. The van der Waals surface area contributed by atoms with Crippen molar-refractivity contribution in [2.75, 3.05) is 13.2 Å². The van der Waals surface area contributed by atoms with Gasteiger partial charge >= 0.3 is 0 Å². The van der Waals surface area contributed by atoms with E-state index in [2.05, 4.69) is 5.32 Å². The van der Waals surface area contributed by atoms with Crippen LogP contribution in [0.4, 0.5) is 0 Å². The molecule has 1 amide bonds. The van der Waals surface area contributed by atoms with E-state index in [4.69, 9.17) is 10.8 Å². The smallest absolute Gasteiger partial charge is 0.241 e. The van der Waals surface area contributed by atoms with Crippen LogP contribution in [0.5, 0.6) is 0 Å². The molecule has 1 aromatic carbocycles. The summed E-state index contributed by atoms with van der Waals surface area (Å²) in [4.78, 5) is 11.9. The Bertz CT molecular complexity index is 399. The molecule has 0 heterocycles. The molecule has 0 fully saturated rings. The van der Waals surface area contributed by atoms with E-state index < -0.39 is 6.04 Å². The first-order valence-electron chi connectivity index (χ1n) is 6.06. The zero-order chi connectivity index (χ0) is 13.8. The molecule has 4 nitrogen and oxygen atoms in total. The number of carbonyl (C=O) groups excluding carboxylic acids is 1. The zero-order valence-electron chi connectivity index (χ0n) is 11.2. The quantitative estimate of drug-likeness (QED) is 0.733. The van der Waals surface area contributed by atoms with Gasteiger partial charge in [0.05, 0.1) is 0 Å². The minimum atomic E-state index is -0.667. The van der Waals surface area contributed by atoms with Crippen molar-refractivity contribution in [2.45, 2.75) is 26.8 Å². The van der Waals surface area contributed by atoms with Crippen molar-refractivity contribution in [3.63, 3.8) is 0 Å². The molecule has 0 aliphatic rings. The maximum atomic E-state index is 11.9. The van der Waals surface area contributed by atoms with Crippen LogP contribution in [0.2, 0.25) is 0 Å². The second-order valence-electron chi connectivity index (χ2n) is 5.43. The molecule has 0 aliphatic heterocycles. The van der Waals surface area contributed by atoms with Crippen molar-refractivity contribution in [1.82, 2.24) is 5.32 Å². The summed E-state index contributed by atoms with van der Waals surface area (Å²) in [5.41, 5.74) is 7.48. The monoisotopic (exact) mass is 250 g/mol. The standard InChI is InChI=1S/C14H22N2O2/c1-10-4-6-11(7-5-10)12(15)13(18)16-8-14(2,3)9-17/h4-7,12,17H,8-9,15H2,1-3H3,(H,16,18). The van der Waals surface area contributed by atoms with Crippen molar-refractivity contribution >= 4 is 5.91 Å². The Kier molecular flexibility index (Phi) is 4.87. The van der Waals surface area contributed by atoms with Crippen molar-refractivity contribution < 1.29 is 9.90 Å². The van der Waals surface area contributed by atoms with Gasteiger partial charge in [-0.25, -0.2) is 0 Å². The van der Waals surface area contributed by atoms with Gasteiger partial charge in [0.1, 0.15) is 6.04 Å². The van der Waals surface area contributed by atoms with Gasteiger partial charge in [-0.3, -0.25) is 4.79 Å². The summed E-state index contributed by atoms with van der Waals surface area (Å²) in [7, 11) is 0. The number of aliphatic hydroxyl groups excluding tert-OH is 1. The Labute approximate surface area is 108 Å². The van der Waals surface area contributed by atoms with Gasteiger partial charge in [-0.2, -0.15) is 0 Å². The number of aliphatic hydroxyl groups is 1. The second kappa shape index (κ2) is 5.98. The third kappa shape index (κ3) is 4.13. The largest absolute Gasteiger partial charge is 0.396 e. The first-order valence-corrected chi connectivity index (χ1v) is 6.06. The number of rotatable bonds is 5. The van der Waals surface area contributed by atoms with Crippen molar-refractivity contribution in [3.05, 3.63) is 35.4 Å². The minimum absolute atomic E-state index is 0.0209. The highest BCUT2D eigenvalue weighted by Crippen LogP contribution is 2.14. The van der Waals surface area contributed by atoms with Crippen LogP contribution in [0.25, 0.3) is 0 Å². The van der Waals surface area contributed by atoms with Gasteiger partial charge in [0.2, 0.25) is 5.91 Å². The Morgan fingerprint density at radius 1 is 1.39 bits per heavy atom. The molecule has 0 aliphatic carbocycles. The predicted molar refractivity (Wildman–Crippen MR) is 72.0 cm³/mol. The third-order valence-electron chi connectivity index (χ3n) is 2.89. The first kappa shape index (κ1) is 14.7. The summed E-state index contributed by atoms with van der Waals surface area (Å²) < 4.78 is 0. The van der Waals surface area contributed by atoms with E-state index in [1.807, 2.05) is 45.0 Å². The van der Waals surface area contributed by atoms with Crippen LogP contribution in [-0.2, 0) is 4.79 Å². The number of benzene rings is 1. The van der Waals surface area contributed by atoms with E-state index in [0.29, 0.717) is 6.54 Å². The van der Waals surface area contributed by atoms with E-state index in [1.165, 1.54) is 0 Å². The van der Waals surface area contributed by atoms with Gasteiger partial charge < -0.3 is 16.2 Å². The van der Waals surface area contributed by atoms with Gasteiger partial charge in [-0.1, -0.05) is 43.7 Å². The Morgan fingerprint density at radius 3 is 2.44 bits per heavy atom. The highest BCUT2D eigenvalue weighted by molar-refractivity contribution is 5.82. The molecule has 0 spiro atoms. The number of aryl methyl sites for hydroxylation is 1. The fourth-order valence-electron chi connectivity index (χ4n) is 1.42. The van der Waals surface area contributed by atoms with Crippen LogP contribution in [0.1, 0.15) is 31.0 Å². The van der Waals surface area contributed by atoms with Gasteiger partial charge in [-0.05, 0) is 12.5 Å². The average molecular weight is 250 g/mol. The Hall–Kier alpha value is -1.39. The van der Waals surface area contributed by atoms with E-state index >= 15 is 0 Å². The molecule has 100 valence electrons. The lowest BCUT2D eigenvalue weighted by Crippen LogP contribution is -2.40. The van der Waals surface area contributed by atoms with Gasteiger partial charge in [0.15, 0.2) is 0 Å². The number of hydrogen-bond donors (Lipinski definition) is 3. The Morgan fingerprint density at radius 2 is 1.94 bits per heavy atom. The third-order valence-corrected chi connectivity index (χ3v) is 2.89. The Balaban J connectivity index is 2.59. The van der Waals surface area contributed by atoms with Crippen LogP contribution in [0, 0.1) is 12.3 Å². The molecule has 1 unspecified atom stereocenters. The molecule has 4 N–H and O–H groups in total. The van der Waals surface area contributed by atoms with Crippen molar-refractivity contribution in [3.8, 4) is 0 Å². The van der Waals surface area contributed by atoms with E-state index in [1.54, 1.807) is 0 Å². The molecular weight excluding hydrogens is 228 g/mol. The number of nitrogens with two attached hydrogens (primary N) is 1. The van der Waals surface area contributed by atoms with Crippen LogP contribution in [0.3, 0.4) is 0 Å². The van der Waals surface area contributed by atoms with Crippen LogP contribution in [-0.4, -0.2) is 24.2 Å². The summed E-state index contributed by atoms with van der Waals surface area (Å²) in [5, 5.41) is 11.9. The van der Waals surface area contributed by atoms with Gasteiger partial charge in [0, 0.05) is 18.6 Å². The lowest BCUT2D eigenvalue weighted by atomic mass is 9.94. The summed E-state index contributed by atoms with van der Waals surface area (Å²) in [6.07, 6.45) is 0. The molecule has 0 bridgehead atoms. The highest BCUT2D eigenvalue weighted by atomic mass is 16.3. The maximum absolute atomic E-state index is 11.9. The summed E-state index contributed by atoms with van der Waals surface area (Å²) in [6.45, 7) is 6.17. The van der Waals surface area contributed by atoms with Crippen LogP contribution >= 0.6 is 0 Å². The second-order valence-corrected chi connectivity index (χ2v) is 5.43. The SMILES string of the molecule is Cc1ccc(C(N)C(=O)NCC(C)(C)CO)cc1. The normalized spacial score (nSPS) is 13.2. The lowest BCUT2D eigenvalue weighted by molar-refractivity contribution is -0.123. The van der Waals surface area contributed by atoms with Crippen LogP contribution in [0.15, 0.2) is 24.3 Å². The molecule has 1 rings (SSSR count). The number of carbonyl (C=O) groups is 1.